The van der Waals surface area contributed by atoms with Gasteiger partial charge in [-0.1, -0.05) is 18.2 Å². The molecule has 1 saturated heterocycles. The quantitative estimate of drug-likeness (QED) is 0.895. The third kappa shape index (κ3) is 3.58. The Morgan fingerprint density at radius 3 is 2.48 bits per heavy atom. The molecule has 1 aliphatic rings. The van der Waals surface area contributed by atoms with Crippen LogP contribution in [0.2, 0.25) is 0 Å². The average molecular weight is 373 g/mol. The van der Waals surface area contributed by atoms with Gasteiger partial charge in [-0.3, -0.25) is 4.79 Å². The van der Waals surface area contributed by atoms with E-state index in [2.05, 4.69) is 0 Å². The summed E-state index contributed by atoms with van der Waals surface area (Å²) < 4.78 is 25.2. The first-order valence-electron chi connectivity index (χ1n) is 6.93. The van der Waals surface area contributed by atoms with Crippen molar-refractivity contribution in [1.29, 1.82) is 0 Å². The second-order valence-electron chi connectivity index (χ2n) is 5.24. The lowest BCUT2D eigenvalue weighted by Gasteiger charge is -2.14. The van der Waals surface area contributed by atoms with Crippen LogP contribution in [0.5, 0.6) is 0 Å². The molecule has 0 radical (unpaired) electrons. The standard InChI is InChI=1S/C15H16N2O3S2.ClH/c16-11-8-9-17(10-11)15(18)13-6-7-14(21-13)22(19,20)12-4-2-1-3-5-12;/h1-7,11H,8-10,16H2;1H/t11-;/m1./s1. The van der Waals surface area contributed by atoms with Crippen LogP contribution in [0.1, 0.15) is 16.1 Å². The molecule has 5 nitrogen and oxygen atoms in total. The molecule has 8 heteroatoms. The fraction of sp³-hybridized carbons (Fsp3) is 0.267. The molecule has 2 heterocycles. The largest absolute Gasteiger partial charge is 0.336 e. The number of hydrogen-bond donors (Lipinski definition) is 1. The first-order chi connectivity index (χ1) is 10.5. The van der Waals surface area contributed by atoms with Gasteiger partial charge >= 0.3 is 0 Å². The highest BCUT2D eigenvalue weighted by molar-refractivity contribution is 7.93. The van der Waals surface area contributed by atoms with Gasteiger partial charge in [0.1, 0.15) is 4.21 Å². The number of sulfone groups is 1. The number of hydrogen-bond acceptors (Lipinski definition) is 5. The van der Waals surface area contributed by atoms with E-state index in [4.69, 9.17) is 5.73 Å². The van der Waals surface area contributed by atoms with Gasteiger partial charge in [0, 0.05) is 19.1 Å². The predicted octanol–water partition coefficient (Wildman–Crippen LogP) is 2.18. The van der Waals surface area contributed by atoms with Gasteiger partial charge in [0.05, 0.1) is 9.77 Å². The van der Waals surface area contributed by atoms with E-state index >= 15 is 0 Å². The molecule has 2 aromatic rings. The van der Waals surface area contributed by atoms with Gasteiger partial charge in [-0.25, -0.2) is 8.42 Å². The van der Waals surface area contributed by atoms with Crippen molar-refractivity contribution in [2.75, 3.05) is 13.1 Å². The van der Waals surface area contributed by atoms with Gasteiger partial charge in [-0.2, -0.15) is 0 Å². The number of likely N-dealkylation sites (tertiary alicyclic amines) is 1. The Morgan fingerprint density at radius 1 is 1.17 bits per heavy atom. The van der Waals surface area contributed by atoms with Crippen molar-refractivity contribution < 1.29 is 13.2 Å². The van der Waals surface area contributed by atoms with Crippen molar-refractivity contribution in [2.24, 2.45) is 5.73 Å². The minimum Gasteiger partial charge on any atom is -0.336 e. The fourth-order valence-corrected chi connectivity index (χ4v) is 5.12. The van der Waals surface area contributed by atoms with E-state index in [1.807, 2.05) is 0 Å². The highest BCUT2D eigenvalue weighted by Gasteiger charge is 2.27. The molecular formula is C15H17ClN2O3S2. The first kappa shape index (κ1) is 17.9. The maximum atomic E-state index is 12.5. The second-order valence-corrected chi connectivity index (χ2v) is 8.50. The SMILES string of the molecule is Cl.N[C@@H]1CCN(C(=O)c2ccc(S(=O)(=O)c3ccccc3)s2)C1. The number of thiophene rings is 1. The minimum atomic E-state index is -3.56. The molecule has 1 amide bonds. The highest BCUT2D eigenvalue weighted by Crippen LogP contribution is 2.29. The Kier molecular flexibility index (Phi) is 5.46. The predicted molar refractivity (Wildman–Crippen MR) is 92.0 cm³/mol. The molecule has 1 fully saturated rings. The highest BCUT2D eigenvalue weighted by atomic mass is 35.5. The van der Waals surface area contributed by atoms with Crippen LogP contribution in [0.25, 0.3) is 0 Å². The van der Waals surface area contributed by atoms with Crippen LogP contribution in [-0.4, -0.2) is 38.4 Å². The van der Waals surface area contributed by atoms with Crippen LogP contribution < -0.4 is 5.73 Å². The van der Waals surface area contributed by atoms with Crippen LogP contribution in [0, 0.1) is 0 Å². The van der Waals surface area contributed by atoms with Crippen LogP contribution in [0.3, 0.4) is 0 Å². The molecule has 124 valence electrons. The summed E-state index contributed by atoms with van der Waals surface area (Å²) in [6.07, 6.45) is 0.784. The number of halogens is 1. The van der Waals surface area contributed by atoms with Gasteiger partial charge in [0.25, 0.3) is 5.91 Å². The molecule has 23 heavy (non-hydrogen) atoms. The number of rotatable bonds is 3. The van der Waals surface area contributed by atoms with E-state index in [1.165, 1.54) is 6.07 Å². The monoisotopic (exact) mass is 372 g/mol. The molecule has 1 aromatic heterocycles. The smallest absolute Gasteiger partial charge is 0.264 e. The number of amides is 1. The third-order valence-electron chi connectivity index (χ3n) is 3.62. The van der Waals surface area contributed by atoms with Gasteiger partial charge < -0.3 is 10.6 Å². The number of carbonyl (C=O) groups is 1. The molecule has 0 bridgehead atoms. The van der Waals surface area contributed by atoms with Crippen molar-refractivity contribution >= 4 is 39.5 Å². The van der Waals surface area contributed by atoms with Crippen LogP contribution >= 0.6 is 23.7 Å². The Hall–Kier alpha value is -1.41. The van der Waals surface area contributed by atoms with Gasteiger partial charge in [-0.05, 0) is 30.7 Å². The summed E-state index contributed by atoms with van der Waals surface area (Å²) in [6.45, 7) is 1.15. The lowest BCUT2D eigenvalue weighted by molar-refractivity contribution is 0.0795. The third-order valence-corrected chi connectivity index (χ3v) is 6.96. The summed E-state index contributed by atoms with van der Waals surface area (Å²) in [5.74, 6) is -0.146. The van der Waals surface area contributed by atoms with E-state index in [-0.39, 0.29) is 33.5 Å². The average Bonchev–Trinajstić information content (AvgIpc) is 3.17. The minimum absolute atomic E-state index is 0. The zero-order valence-corrected chi connectivity index (χ0v) is 14.7. The van der Waals surface area contributed by atoms with Crippen LogP contribution in [0.4, 0.5) is 0 Å². The summed E-state index contributed by atoms with van der Waals surface area (Å²) >= 11 is 1.01. The molecule has 1 aliphatic heterocycles. The summed E-state index contributed by atoms with van der Waals surface area (Å²) in [5, 5.41) is 0. The summed E-state index contributed by atoms with van der Waals surface area (Å²) in [4.78, 5) is 14.7. The van der Waals surface area contributed by atoms with Crippen molar-refractivity contribution in [2.45, 2.75) is 21.6 Å². The normalized spacial score (nSPS) is 17.8. The van der Waals surface area contributed by atoms with Crippen molar-refractivity contribution in [1.82, 2.24) is 4.90 Å². The van der Waals surface area contributed by atoms with Gasteiger partial charge in [0.2, 0.25) is 9.84 Å². The topological polar surface area (TPSA) is 80.5 Å². The molecule has 0 saturated carbocycles. The van der Waals surface area contributed by atoms with Crippen LogP contribution in [0.15, 0.2) is 51.6 Å². The maximum absolute atomic E-state index is 12.5. The zero-order valence-electron chi connectivity index (χ0n) is 12.2. The van der Waals surface area contributed by atoms with E-state index in [0.29, 0.717) is 18.0 Å². The lowest BCUT2D eigenvalue weighted by atomic mass is 10.3. The molecule has 3 rings (SSSR count). The Bertz CT molecular complexity index is 790. The Balaban J connectivity index is 0.00000192. The summed E-state index contributed by atoms with van der Waals surface area (Å²) in [5.41, 5.74) is 5.81. The van der Waals surface area contributed by atoms with Crippen LogP contribution in [-0.2, 0) is 9.84 Å². The molecule has 1 atom stereocenters. The van der Waals surface area contributed by atoms with E-state index < -0.39 is 9.84 Å². The molecule has 0 unspecified atom stereocenters. The summed E-state index contributed by atoms with van der Waals surface area (Å²) in [7, 11) is -3.56. The lowest BCUT2D eigenvalue weighted by Crippen LogP contribution is -2.31. The number of carbonyl (C=O) groups excluding carboxylic acids is 1. The molecule has 0 aliphatic carbocycles. The summed E-state index contributed by atoms with van der Waals surface area (Å²) in [6, 6.07) is 11.3. The Labute approximate surface area is 145 Å². The number of benzene rings is 1. The van der Waals surface area contributed by atoms with Gasteiger partial charge in [-0.15, -0.1) is 23.7 Å². The zero-order chi connectivity index (χ0) is 15.7. The first-order valence-corrected chi connectivity index (χ1v) is 9.23. The van der Waals surface area contributed by atoms with E-state index in [9.17, 15) is 13.2 Å². The van der Waals surface area contributed by atoms with Crippen molar-refractivity contribution in [3.63, 3.8) is 0 Å². The number of nitrogens with zero attached hydrogens (tertiary/aromatic N) is 1. The molecule has 2 N–H and O–H groups in total. The Morgan fingerprint density at radius 2 is 1.87 bits per heavy atom. The van der Waals surface area contributed by atoms with Crippen molar-refractivity contribution in [3.8, 4) is 0 Å². The number of nitrogens with two attached hydrogens (primary N) is 1. The van der Waals surface area contributed by atoms with Gasteiger partial charge in [0.15, 0.2) is 0 Å². The molecule has 0 spiro atoms. The molecule has 1 aromatic carbocycles. The van der Waals surface area contributed by atoms with E-state index in [0.717, 1.165) is 17.8 Å². The van der Waals surface area contributed by atoms with E-state index in [1.54, 1.807) is 41.3 Å². The maximum Gasteiger partial charge on any atom is 0.264 e. The fourth-order valence-electron chi connectivity index (χ4n) is 2.42. The second kappa shape index (κ2) is 7.00. The van der Waals surface area contributed by atoms with Crippen molar-refractivity contribution in [3.05, 3.63) is 47.3 Å². The molecular weight excluding hydrogens is 356 g/mol.